The van der Waals surface area contributed by atoms with E-state index < -0.39 is 0 Å². The van der Waals surface area contributed by atoms with Gasteiger partial charge in [0, 0.05) is 19.3 Å². The number of hydrogen-bond donors (Lipinski definition) is 2. The lowest BCUT2D eigenvalue weighted by molar-refractivity contribution is 0.0857. The number of nitrogens with one attached hydrogen (secondary N) is 1. The highest BCUT2D eigenvalue weighted by Gasteiger charge is 2.16. The van der Waals surface area contributed by atoms with Crippen LogP contribution in [0.5, 0.6) is 5.75 Å². The fraction of sp³-hybridized carbons (Fsp3) is 0.455. The van der Waals surface area contributed by atoms with Crippen molar-refractivity contribution in [3.8, 4) is 5.75 Å². The summed E-state index contributed by atoms with van der Waals surface area (Å²) in [4.78, 5) is 15.4. The average Bonchev–Trinajstić information content (AvgIpc) is 2.78. The van der Waals surface area contributed by atoms with Crippen LogP contribution in [-0.2, 0) is 4.74 Å². The van der Waals surface area contributed by atoms with Crippen molar-refractivity contribution in [3.63, 3.8) is 0 Å². The fourth-order valence-electron chi connectivity index (χ4n) is 1.67. The lowest BCUT2D eigenvalue weighted by Gasteiger charge is -2.10. The van der Waals surface area contributed by atoms with Gasteiger partial charge in [-0.2, -0.15) is 0 Å². The highest BCUT2D eigenvalue weighted by molar-refractivity contribution is 5.94. The Morgan fingerprint density at radius 1 is 1.62 bits per heavy atom. The molecule has 0 bridgehead atoms. The van der Waals surface area contributed by atoms with Crippen LogP contribution in [0.4, 0.5) is 0 Å². The lowest BCUT2D eigenvalue weighted by atomic mass is 10.2. The van der Waals surface area contributed by atoms with Gasteiger partial charge in [-0.25, -0.2) is 0 Å². The Kier molecular flexibility index (Phi) is 3.36. The molecule has 5 nitrogen and oxygen atoms in total. The van der Waals surface area contributed by atoms with E-state index in [1.165, 1.54) is 18.5 Å². The number of aromatic nitrogens is 1. The SMILES string of the molecule is O=C(NCC1CCCO1)c1cncc(O)c1. The Morgan fingerprint density at radius 3 is 3.19 bits per heavy atom. The van der Waals surface area contributed by atoms with Gasteiger partial charge in [0.2, 0.25) is 0 Å². The molecular formula is C11H14N2O3. The first-order chi connectivity index (χ1) is 7.75. The first-order valence-electron chi connectivity index (χ1n) is 5.29. The van der Waals surface area contributed by atoms with Crippen LogP contribution in [0.15, 0.2) is 18.5 Å². The Bertz CT molecular complexity index is 375. The predicted octanol–water partition coefficient (Wildman–Crippen LogP) is 0.696. The third-order valence-electron chi connectivity index (χ3n) is 2.50. The summed E-state index contributed by atoms with van der Waals surface area (Å²) >= 11 is 0. The average molecular weight is 222 g/mol. The number of nitrogens with zero attached hydrogens (tertiary/aromatic N) is 1. The maximum atomic E-state index is 11.6. The Labute approximate surface area is 93.5 Å². The normalized spacial score (nSPS) is 19.6. The van der Waals surface area contributed by atoms with Gasteiger partial charge in [0.15, 0.2) is 0 Å². The van der Waals surface area contributed by atoms with Crippen LogP contribution in [0.1, 0.15) is 23.2 Å². The zero-order valence-electron chi connectivity index (χ0n) is 8.85. The molecule has 1 atom stereocenters. The second-order valence-electron chi connectivity index (χ2n) is 3.78. The number of hydrogen-bond acceptors (Lipinski definition) is 4. The van der Waals surface area contributed by atoms with Gasteiger partial charge >= 0.3 is 0 Å². The van der Waals surface area contributed by atoms with E-state index in [-0.39, 0.29) is 17.8 Å². The molecule has 2 N–H and O–H groups in total. The molecule has 1 aromatic heterocycles. The minimum Gasteiger partial charge on any atom is -0.506 e. The van der Waals surface area contributed by atoms with Gasteiger partial charge in [-0.3, -0.25) is 9.78 Å². The first kappa shape index (κ1) is 10.9. The Hall–Kier alpha value is -1.62. The van der Waals surface area contributed by atoms with Crippen molar-refractivity contribution in [1.82, 2.24) is 10.3 Å². The van der Waals surface area contributed by atoms with Crippen LogP contribution >= 0.6 is 0 Å². The molecular weight excluding hydrogens is 208 g/mol. The summed E-state index contributed by atoms with van der Waals surface area (Å²) < 4.78 is 5.38. The number of ether oxygens (including phenoxy) is 1. The van der Waals surface area contributed by atoms with Crippen LogP contribution in [0, 0.1) is 0 Å². The molecule has 2 heterocycles. The molecule has 1 fully saturated rings. The second kappa shape index (κ2) is 4.94. The summed E-state index contributed by atoms with van der Waals surface area (Å²) in [5.41, 5.74) is 0.359. The highest BCUT2D eigenvalue weighted by Crippen LogP contribution is 2.11. The molecule has 0 aliphatic carbocycles. The van der Waals surface area contributed by atoms with Crippen LogP contribution in [0.3, 0.4) is 0 Å². The van der Waals surface area contributed by atoms with E-state index in [4.69, 9.17) is 4.74 Å². The number of aromatic hydroxyl groups is 1. The third kappa shape index (κ3) is 2.70. The van der Waals surface area contributed by atoms with Gasteiger partial charge in [-0.05, 0) is 18.9 Å². The number of amides is 1. The molecule has 0 aromatic carbocycles. The molecule has 1 aliphatic heterocycles. The van der Waals surface area contributed by atoms with Crippen LogP contribution in [0.2, 0.25) is 0 Å². The minimum absolute atomic E-state index is 0.00948. The summed E-state index contributed by atoms with van der Waals surface area (Å²) in [5.74, 6) is -0.247. The molecule has 1 aliphatic rings. The van der Waals surface area contributed by atoms with E-state index in [0.29, 0.717) is 12.1 Å². The topological polar surface area (TPSA) is 71.5 Å². The molecule has 1 amide bonds. The van der Waals surface area contributed by atoms with Crippen LogP contribution in [-0.4, -0.2) is 35.3 Å². The van der Waals surface area contributed by atoms with Gasteiger partial charge < -0.3 is 15.2 Å². The summed E-state index contributed by atoms with van der Waals surface area (Å²) in [7, 11) is 0. The zero-order valence-corrected chi connectivity index (χ0v) is 8.85. The molecule has 16 heavy (non-hydrogen) atoms. The largest absolute Gasteiger partial charge is 0.506 e. The van der Waals surface area contributed by atoms with E-state index in [2.05, 4.69) is 10.3 Å². The standard InChI is InChI=1S/C11H14N2O3/c14-9-4-8(5-12-6-9)11(15)13-7-10-2-1-3-16-10/h4-6,10,14H,1-3,7H2,(H,13,15). The van der Waals surface area contributed by atoms with Crippen molar-refractivity contribution in [2.45, 2.75) is 18.9 Å². The van der Waals surface area contributed by atoms with Crippen molar-refractivity contribution >= 4 is 5.91 Å². The van der Waals surface area contributed by atoms with Crippen molar-refractivity contribution < 1.29 is 14.6 Å². The van der Waals surface area contributed by atoms with Gasteiger partial charge in [-0.1, -0.05) is 0 Å². The Balaban J connectivity index is 1.87. The molecule has 1 unspecified atom stereocenters. The number of carbonyl (C=O) groups excluding carboxylic acids is 1. The smallest absolute Gasteiger partial charge is 0.253 e. The van der Waals surface area contributed by atoms with E-state index in [9.17, 15) is 9.90 Å². The van der Waals surface area contributed by atoms with E-state index >= 15 is 0 Å². The zero-order chi connectivity index (χ0) is 11.4. The lowest BCUT2D eigenvalue weighted by Crippen LogP contribution is -2.31. The Morgan fingerprint density at radius 2 is 2.50 bits per heavy atom. The van der Waals surface area contributed by atoms with E-state index in [1.54, 1.807) is 0 Å². The minimum atomic E-state index is -0.237. The summed E-state index contributed by atoms with van der Waals surface area (Å²) in [5, 5.41) is 11.9. The molecule has 86 valence electrons. The summed E-state index contributed by atoms with van der Waals surface area (Å²) in [6.07, 6.45) is 4.86. The summed E-state index contributed by atoms with van der Waals surface area (Å²) in [6, 6.07) is 1.39. The molecule has 1 aromatic rings. The molecule has 5 heteroatoms. The molecule has 1 saturated heterocycles. The maximum absolute atomic E-state index is 11.6. The number of pyridine rings is 1. The van der Waals surface area contributed by atoms with Crippen molar-refractivity contribution in [2.75, 3.05) is 13.2 Å². The van der Waals surface area contributed by atoms with Gasteiger partial charge in [-0.15, -0.1) is 0 Å². The van der Waals surface area contributed by atoms with E-state index in [0.717, 1.165) is 19.4 Å². The molecule has 2 rings (SSSR count). The quantitative estimate of drug-likeness (QED) is 0.789. The first-order valence-corrected chi connectivity index (χ1v) is 5.29. The van der Waals surface area contributed by atoms with Crippen molar-refractivity contribution in [2.24, 2.45) is 0 Å². The van der Waals surface area contributed by atoms with Gasteiger partial charge in [0.25, 0.3) is 5.91 Å². The number of rotatable bonds is 3. The third-order valence-corrected chi connectivity index (χ3v) is 2.50. The monoisotopic (exact) mass is 222 g/mol. The van der Waals surface area contributed by atoms with Crippen molar-refractivity contribution in [1.29, 1.82) is 0 Å². The van der Waals surface area contributed by atoms with Crippen molar-refractivity contribution in [3.05, 3.63) is 24.0 Å². The predicted molar refractivity (Wildman–Crippen MR) is 57.2 cm³/mol. The van der Waals surface area contributed by atoms with Gasteiger partial charge in [0.05, 0.1) is 17.9 Å². The number of carbonyl (C=O) groups is 1. The highest BCUT2D eigenvalue weighted by atomic mass is 16.5. The second-order valence-corrected chi connectivity index (χ2v) is 3.78. The fourth-order valence-corrected chi connectivity index (χ4v) is 1.67. The molecule has 0 saturated carbocycles. The maximum Gasteiger partial charge on any atom is 0.253 e. The van der Waals surface area contributed by atoms with Gasteiger partial charge in [0.1, 0.15) is 5.75 Å². The molecule has 0 radical (unpaired) electrons. The van der Waals surface area contributed by atoms with Crippen LogP contribution in [0.25, 0.3) is 0 Å². The van der Waals surface area contributed by atoms with E-state index in [1.807, 2.05) is 0 Å². The molecule has 0 spiro atoms. The van der Waals surface area contributed by atoms with Crippen LogP contribution < -0.4 is 5.32 Å². The summed E-state index contributed by atoms with van der Waals surface area (Å²) in [6.45, 7) is 1.28.